The maximum atomic E-state index is 3.55. The van der Waals surface area contributed by atoms with Crippen LogP contribution >= 0.6 is 11.3 Å². The Labute approximate surface area is 123 Å². The lowest BCUT2D eigenvalue weighted by molar-refractivity contribution is 0.550. The van der Waals surface area contributed by atoms with E-state index in [1.54, 1.807) is 0 Å². The molecule has 1 N–H and O–H groups in total. The zero-order chi connectivity index (χ0) is 13.6. The zero-order valence-corrected chi connectivity index (χ0v) is 13.4. The van der Waals surface area contributed by atoms with Gasteiger partial charge in [0.15, 0.2) is 0 Å². The fourth-order valence-electron chi connectivity index (χ4n) is 2.35. The van der Waals surface area contributed by atoms with E-state index in [9.17, 15) is 0 Å². The van der Waals surface area contributed by atoms with E-state index in [1.165, 1.54) is 75.6 Å². The molecule has 0 atom stereocenters. The van der Waals surface area contributed by atoms with Gasteiger partial charge in [0.2, 0.25) is 0 Å². The third-order valence-electron chi connectivity index (χ3n) is 3.59. The molecule has 0 fully saturated rings. The van der Waals surface area contributed by atoms with Gasteiger partial charge in [-0.1, -0.05) is 64.4 Å². The molecule has 110 valence electrons. The lowest BCUT2D eigenvalue weighted by atomic mass is 10.1. The normalized spacial score (nSPS) is 11.0. The molecule has 0 saturated heterocycles. The van der Waals surface area contributed by atoms with Crippen LogP contribution in [-0.4, -0.2) is 13.1 Å². The van der Waals surface area contributed by atoms with Crippen LogP contribution in [0.5, 0.6) is 0 Å². The first-order chi connectivity index (χ1) is 9.43. The van der Waals surface area contributed by atoms with Gasteiger partial charge in [-0.15, -0.1) is 11.3 Å². The second-order valence-electron chi connectivity index (χ2n) is 5.41. The maximum Gasteiger partial charge on any atom is 0.00578 e. The fraction of sp³-hybridized carbons (Fsp3) is 0.765. The minimum atomic E-state index is 1.14. The zero-order valence-electron chi connectivity index (χ0n) is 12.6. The Morgan fingerprint density at radius 3 is 2.21 bits per heavy atom. The van der Waals surface area contributed by atoms with Crippen molar-refractivity contribution in [3.8, 4) is 0 Å². The summed E-state index contributed by atoms with van der Waals surface area (Å²) in [4.78, 5) is 1.50. The van der Waals surface area contributed by atoms with Crippen molar-refractivity contribution in [3.63, 3.8) is 0 Å². The minimum Gasteiger partial charge on any atom is -0.316 e. The first-order valence-corrected chi connectivity index (χ1v) is 9.04. The van der Waals surface area contributed by atoms with E-state index in [0.717, 1.165) is 6.54 Å². The van der Waals surface area contributed by atoms with E-state index in [2.05, 4.69) is 29.8 Å². The average molecular weight is 282 g/mol. The molecule has 0 saturated carbocycles. The van der Waals surface area contributed by atoms with Crippen LogP contribution < -0.4 is 5.32 Å². The summed E-state index contributed by atoms with van der Waals surface area (Å²) in [5.74, 6) is 0. The molecule has 0 aromatic carbocycles. The highest BCUT2D eigenvalue weighted by Gasteiger charge is 1.94. The minimum absolute atomic E-state index is 1.14. The molecule has 1 heterocycles. The van der Waals surface area contributed by atoms with Crippen LogP contribution in [-0.2, 0) is 6.42 Å². The molecule has 0 aliphatic carbocycles. The van der Waals surface area contributed by atoms with Crippen LogP contribution in [0.3, 0.4) is 0 Å². The summed E-state index contributed by atoms with van der Waals surface area (Å²) in [6, 6.07) is 4.37. The second kappa shape index (κ2) is 12.7. The van der Waals surface area contributed by atoms with Crippen molar-refractivity contribution in [2.24, 2.45) is 0 Å². The standard InChI is InChI=1S/C17H31NS/c1-2-3-4-5-6-7-8-9-10-14-18-15-13-17-12-11-16-19-17/h11-12,16,18H,2-10,13-15H2,1H3. The number of thiophene rings is 1. The number of rotatable bonds is 13. The summed E-state index contributed by atoms with van der Waals surface area (Å²) in [5.41, 5.74) is 0. The smallest absolute Gasteiger partial charge is 0.00578 e. The number of unbranched alkanes of at least 4 members (excludes halogenated alkanes) is 8. The average Bonchev–Trinajstić information content (AvgIpc) is 2.93. The highest BCUT2D eigenvalue weighted by atomic mass is 32.1. The number of hydrogen-bond donors (Lipinski definition) is 1. The molecule has 1 rings (SSSR count). The molecule has 0 amide bonds. The van der Waals surface area contributed by atoms with Gasteiger partial charge in [0.25, 0.3) is 0 Å². The molecule has 0 bridgehead atoms. The summed E-state index contributed by atoms with van der Waals surface area (Å²) in [6.45, 7) is 4.62. The van der Waals surface area contributed by atoms with Crippen molar-refractivity contribution < 1.29 is 0 Å². The Balaban J connectivity index is 1.72. The number of nitrogens with one attached hydrogen (secondary N) is 1. The van der Waals surface area contributed by atoms with Gasteiger partial charge in [-0.05, 0) is 37.4 Å². The Bertz CT molecular complexity index is 269. The van der Waals surface area contributed by atoms with Crippen LogP contribution in [0.15, 0.2) is 17.5 Å². The van der Waals surface area contributed by atoms with Gasteiger partial charge >= 0.3 is 0 Å². The van der Waals surface area contributed by atoms with Gasteiger partial charge in [-0.2, -0.15) is 0 Å². The van der Waals surface area contributed by atoms with Crippen molar-refractivity contribution in [2.75, 3.05) is 13.1 Å². The number of hydrogen-bond acceptors (Lipinski definition) is 2. The largest absolute Gasteiger partial charge is 0.316 e. The van der Waals surface area contributed by atoms with Gasteiger partial charge in [0, 0.05) is 4.88 Å². The molecule has 0 aliphatic rings. The van der Waals surface area contributed by atoms with E-state index in [4.69, 9.17) is 0 Å². The van der Waals surface area contributed by atoms with E-state index < -0.39 is 0 Å². The predicted octanol–water partition coefficient (Wildman–Crippen LogP) is 5.41. The predicted molar refractivity (Wildman–Crippen MR) is 88.1 cm³/mol. The molecule has 1 aromatic rings. The summed E-state index contributed by atoms with van der Waals surface area (Å²) >= 11 is 1.87. The van der Waals surface area contributed by atoms with Gasteiger partial charge in [-0.3, -0.25) is 0 Å². The molecular formula is C17H31NS. The summed E-state index contributed by atoms with van der Waals surface area (Å²) in [7, 11) is 0. The van der Waals surface area contributed by atoms with E-state index in [1.807, 2.05) is 11.3 Å². The Morgan fingerprint density at radius 2 is 1.58 bits per heavy atom. The molecule has 2 heteroatoms. The van der Waals surface area contributed by atoms with Crippen molar-refractivity contribution in [1.82, 2.24) is 5.32 Å². The quantitative estimate of drug-likeness (QED) is 0.477. The van der Waals surface area contributed by atoms with Gasteiger partial charge in [-0.25, -0.2) is 0 Å². The molecule has 1 aromatic heterocycles. The van der Waals surface area contributed by atoms with Crippen molar-refractivity contribution >= 4 is 11.3 Å². The monoisotopic (exact) mass is 281 g/mol. The molecule has 0 aliphatic heterocycles. The van der Waals surface area contributed by atoms with Crippen LogP contribution in [0, 0.1) is 0 Å². The first kappa shape index (κ1) is 16.7. The molecule has 0 unspecified atom stereocenters. The molecule has 19 heavy (non-hydrogen) atoms. The third kappa shape index (κ3) is 10.1. The lowest BCUT2D eigenvalue weighted by Gasteiger charge is -2.04. The van der Waals surface area contributed by atoms with Crippen molar-refractivity contribution in [3.05, 3.63) is 22.4 Å². The van der Waals surface area contributed by atoms with Crippen molar-refractivity contribution in [1.29, 1.82) is 0 Å². The van der Waals surface area contributed by atoms with E-state index in [0.29, 0.717) is 0 Å². The van der Waals surface area contributed by atoms with E-state index in [-0.39, 0.29) is 0 Å². The van der Waals surface area contributed by atoms with Gasteiger partial charge in [0.1, 0.15) is 0 Å². The second-order valence-corrected chi connectivity index (χ2v) is 6.44. The third-order valence-corrected chi connectivity index (χ3v) is 4.52. The Kier molecular flexibility index (Phi) is 11.2. The lowest BCUT2D eigenvalue weighted by Crippen LogP contribution is -2.18. The summed E-state index contributed by atoms with van der Waals surface area (Å²) in [5, 5.41) is 5.71. The van der Waals surface area contributed by atoms with Crippen LogP contribution in [0.2, 0.25) is 0 Å². The fourth-order valence-corrected chi connectivity index (χ4v) is 3.06. The van der Waals surface area contributed by atoms with Gasteiger partial charge in [0.05, 0.1) is 0 Å². The summed E-state index contributed by atoms with van der Waals surface area (Å²) < 4.78 is 0. The SMILES string of the molecule is CCCCCCCCCCCNCCc1cccs1. The van der Waals surface area contributed by atoms with Crippen LogP contribution in [0.4, 0.5) is 0 Å². The van der Waals surface area contributed by atoms with Crippen LogP contribution in [0.1, 0.15) is 69.6 Å². The van der Waals surface area contributed by atoms with Crippen molar-refractivity contribution in [2.45, 2.75) is 71.1 Å². The highest BCUT2D eigenvalue weighted by Crippen LogP contribution is 2.09. The van der Waals surface area contributed by atoms with E-state index >= 15 is 0 Å². The maximum absolute atomic E-state index is 3.55. The summed E-state index contributed by atoms with van der Waals surface area (Å²) in [6.07, 6.45) is 13.9. The first-order valence-electron chi connectivity index (χ1n) is 8.16. The topological polar surface area (TPSA) is 12.0 Å². The molecule has 1 nitrogen and oxygen atoms in total. The van der Waals surface area contributed by atoms with Crippen LogP contribution in [0.25, 0.3) is 0 Å². The highest BCUT2D eigenvalue weighted by molar-refractivity contribution is 7.09. The molecule has 0 spiro atoms. The van der Waals surface area contributed by atoms with Gasteiger partial charge < -0.3 is 5.32 Å². The molecule has 0 radical (unpaired) electrons. The Hall–Kier alpha value is -0.340. The Morgan fingerprint density at radius 1 is 0.895 bits per heavy atom. The molecular weight excluding hydrogens is 250 g/mol.